The van der Waals surface area contributed by atoms with Crippen molar-refractivity contribution in [3.05, 3.63) is 35.1 Å². The molecule has 1 aliphatic rings. The number of nitrogens with one attached hydrogen (secondary N) is 2. The molecule has 4 nitrogen and oxygen atoms in total. The molecule has 1 aromatic rings. The number of carbonyl (C=O) groups is 1. The normalized spacial score (nSPS) is 16.1. The predicted octanol–water partition coefficient (Wildman–Crippen LogP) is 0.739. The first kappa shape index (κ1) is 14.8. The van der Waals surface area contributed by atoms with Crippen LogP contribution < -0.4 is 10.6 Å². The molecule has 0 aliphatic carbocycles. The Morgan fingerprint density at radius 3 is 2.40 bits per heavy atom. The van der Waals surface area contributed by atoms with Gasteiger partial charge in [0.15, 0.2) is 17.5 Å². The van der Waals surface area contributed by atoms with Gasteiger partial charge in [0.25, 0.3) is 5.91 Å². The Hall–Kier alpha value is -1.60. The third-order valence-electron chi connectivity index (χ3n) is 3.17. The third-order valence-corrected chi connectivity index (χ3v) is 3.17. The molecular formula is C13H16F3N3O. The lowest BCUT2D eigenvalue weighted by Crippen LogP contribution is -2.46. The number of rotatable bonds is 4. The van der Waals surface area contributed by atoms with Crippen LogP contribution in [0.3, 0.4) is 0 Å². The van der Waals surface area contributed by atoms with Gasteiger partial charge in [0.1, 0.15) is 0 Å². The Morgan fingerprint density at radius 1 is 1.20 bits per heavy atom. The second-order valence-electron chi connectivity index (χ2n) is 4.60. The van der Waals surface area contributed by atoms with E-state index in [0.717, 1.165) is 26.2 Å². The highest BCUT2D eigenvalue weighted by atomic mass is 19.2. The molecule has 0 saturated carbocycles. The van der Waals surface area contributed by atoms with Gasteiger partial charge in [-0.15, -0.1) is 0 Å². The molecule has 0 aromatic heterocycles. The number of amides is 1. The molecule has 1 fully saturated rings. The lowest BCUT2D eigenvalue weighted by Gasteiger charge is -2.27. The molecule has 20 heavy (non-hydrogen) atoms. The van der Waals surface area contributed by atoms with Gasteiger partial charge >= 0.3 is 0 Å². The Labute approximate surface area is 114 Å². The second-order valence-corrected chi connectivity index (χ2v) is 4.60. The number of carbonyl (C=O) groups excluding carboxylic acids is 1. The first-order valence-electron chi connectivity index (χ1n) is 6.44. The summed E-state index contributed by atoms with van der Waals surface area (Å²) in [6, 6.07) is 1.39. The van der Waals surface area contributed by atoms with E-state index in [-0.39, 0.29) is 5.56 Å². The molecule has 1 heterocycles. The van der Waals surface area contributed by atoms with E-state index in [4.69, 9.17) is 0 Å². The third kappa shape index (κ3) is 3.71. The fourth-order valence-corrected chi connectivity index (χ4v) is 2.05. The lowest BCUT2D eigenvalue weighted by molar-refractivity contribution is 0.0946. The Bertz CT molecular complexity index is 467. The maximum atomic E-state index is 13.0. The monoisotopic (exact) mass is 287 g/mol. The number of hydrogen-bond acceptors (Lipinski definition) is 3. The standard InChI is InChI=1S/C13H16F3N3O/c14-10-7-9(8-11(15)12(10)16)13(20)18-3-6-19-4-1-17-2-5-19/h7-8,17H,1-6H2,(H,18,20). The molecule has 1 saturated heterocycles. The quantitative estimate of drug-likeness (QED) is 0.803. The van der Waals surface area contributed by atoms with E-state index in [2.05, 4.69) is 15.5 Å². The van der Waals surface area contributed by atoms with E-state index in [1.54, 1.807) is 0 Å². The van der Waals surface area contributed by atoms with Gasteiger partial charge in [-0.05, 0) is 12.1 Å². The van der Waals surface area contributed by atoms with Crippen molar-refractivity contribution in [2.75, 3.05) is 39.3 Å². The summed E-state index contributed by atoms with van der Waals surface area (Å²) in [5, 5.41) is 5.77. The van der Waals surface area contributed by atoms with E-state index < -0.39 is 23.4 Å². The van der Waals surface area contributed by atoms with Crippen molar-refractivity contribution in [3.63, 3.8) is 0 Å². The van der Waals surface area contributed by atoms with Gasteiger partial charge in [0.05, 0.1) is 0 Å². The minimum atomic E-state index is -1.57. The van der Waals surface area contributed by atoms with Crippen molar-refractivity contribution in [2.24, 2.45) is 0 Å². The van der Waals surface area contributed by atoms with E-state index in [0.29, 0.717) is 25.2 Å². The zero-order chi connectivity index (χ0) is 14.5. The fourth-order valence-electron chi connectivity index (χ4n) is 2.05. The average Bonchev–Trinajstić information content (AvgIpc) is 2.45. The summed E-state index contributed by atoms with van der Waals surface area (Å²) < 4.78 is 38.8. The Balaban J connectivity index is 1.85. The number of nitrogens with zero attached hydrogens (tertiary/aromatic N) is 1. The van der Waals surface area contributed by atoms with Gasteiger partial charge < -0.3 is 10.6 Å². The number of piperazine rings is 1. The number of benzene rings is 1. The van der Waals surface area contributed by atoms with Crippen molar-refractivity contribution in [2.45, 2.75) is 0 Å². The zero-order valence-corrected chi connectivity index (χ0v) is 10.9. The van der Waals surface area contributed by atoms with Crippen LogP contribution in [0.25, 0.3) is 0 Å². The molecule has 0 atom stereocenters. The Kier molecular flexibility index (Phi) is 4.97. The van der Waals surface area contributed by atoms with Gasteiger partial charge in [-0.25, -0.2) is 13.2 Å². The maximum absolute atomic E-state index is 13.0. The van der Waals surface area contributed by atoms with Crippen molar-refractivity contribution >= 4 is 5.91 Å². The highest BCUT2D eigenvalue weighted by molar-refractivity contribution is 5.94. The van der Waals surface area contributed by atoms with Crippen LogP contribution >= 0.6 is 0 Å². The SMILES string of the molecule is O=C(NCCN1CCNCC1)c1cc(F)c(F)c(F)c1. The van der Waals surface area contributed by atoms with Crippen molar-refractivity contribution in [1.29, 1.82) is 0 Å². The number of halogens is 3. The fraction of sp³-hybridized carbons (Fsp3) is 0.462. The maximum Gasteiger partial charge on any atom is 0.251 e. The summed E-state index contributed by atoms with van der Waals surface area (Å²) in [5.41, 5.74) is -0.221. The Morgan fingerprint density at radius 2 is 1.80 bits per heavy atom. The van der Waals surface area contributed by atoms with Crippen LogP contribution in [-0.2, 0) is 0 Å². The first-order chi connectivity index (χ1) is 9.58. The highest BCUT2D eigenvalue weighted by Gasteiger charge is 2.15. The summed E-state index contributed by atoms with van der Waals surface area (Å²) in [4.78, 5) is 13.9. The molecule has 1 aliphatic heterocycles. The minimum absolute atomic E-state index is 0.221. The van der Waals surface area contributed by atoms with Crippen LogP contribution in [0, 0.1) is 17.5 Å². The first-order valence-corrected chi connectivity index (χ1v) is 6.44. The topological polar surface area (TPSA) is 44.4 Å². The van der Waals surface area contributed by atoms with Gasteiger partial charge in [0.2, 0.25) is 0 Å². The van der Waals surface area contributed by atoms with E-state index in [9.17, 15) is 18.0 Å². The summed E-state index contributed by atoms with van der Waals surface area (Å²) in [7, 11) is 0. The molecule has 7 heteroatoms. The predicted molar refractivity (Wildman–Crippen MR) is 68.0 cm³/mol. The summed E-state index contributed by atoms with van der Waals surface area (Å²) in [6.45, 7) is 4.65. The van der Waals surface area contributed by atoms with Crippen molar-refractivity contribution in [1.82, 2.24) is 15.5 Å². The van der Waals surface area contributed by atoms with E-state index >= 15 is 0 Å². The summed E-state index contributed by atoms with van der Waals surface area (Å²) in [6.07, 6.45) is 0. The smallest absolute Gasteiger partial charge is 0.251 e. The molecule has 1 amide bonds. The van der Waals surface area contributed by atoms with Crippen LogP contribution in [0.4, 0.5) is 13.2 Å². The molecule has 0 unspecified atom stereocenters. The van der Waals surface area contributed by atoms with Gasteiger partial charge in [0, 0.05) is 44.8 Å². The zero-order valence-electron chi connectivity index (χ0n) is 10.9. The van der Waals surface area contributed by atoms with Crippen molar-refractivity contribution in [3.8, 4) is 0 Å². The largest absolute Gasteiger partial charge is 0.351 e. The van der Waals surface area contributed by atoms with Crippen LogP contribution in [0.1, 0.15) is 10.4 Å². The summed E-state index contributed by atoms with van der Waals surface area (Å²) >= 11 is 0. The average molecular weight is 287 g/mol. The molecule has 0 bridgehead atoms. The molecule has 0 radical (unpaired) electrons. The molecule has 1 aromatic carbocycles. The molecule has 0 spiro atoms. The van der Waals surface area contributed by atoms with Gasteiger partial charge in [-0.1, -0.05) is 0 Å². The van der Waals surface area contributed by atoms with Crippen LogP contribution in [0.15, 0.2) is 12.1 Å². The second kappa shape index (κ2) is 6.71. The number of hydrogen-bond donors (Lipinski definition) is 2. The van der Waals surface area contributed by atoms with Crippen LogP contribution in [0.2, 0.25) is 0 Å². The summed E-state index contributed by atoms with van der Waals surface area (Å²) in [5.74, 6) is -4.91. The highest BCUT2D eigenvalue weighted by Crippen LogP contribution is 2.13. The van der Waals surface area contributed by atoms with Crippen LogP contribution in [0.5, 0.6) is 0 Å². The molecule has 110 valence electrons. The molecule has 2 N–H and O–H groups in total. The van der Waals surface area contributed by atoms with Gasteiger partial charge in [-0.3, -0.25) is 9.69 Å². The molecule has 2 rings (SSSR count). The van der Waals surface area contributed by atoms with Crippen LogP contribution in [-0.4, -0.2) is 50.1 Å². The van der Waals surface area contributed by atoms with E-state index in [1.807, 2.05) is 0 Å². The minimum Gasteiger partial charge on any atom is -0.351 e. The lowest BCUT2D eigenvalue weighted by atomic mass is 10.2. The van der Waals surface area contributed by atoms with Gasteiger partial charge in [-0.2, -0.15) is 0 Å². The van der Waals surface area contributed by atoms with Crippen molar-refractivity contribution < 1.29 is 18.0 Å². The molecular weight excluding hydrogens is 271 g/mol. The van der Waals surface area contributed by atoms with E-state index in [1.165, 1.54) is 0 Å².